The molecule has 1 saturated carbocycles. The van der Waals surface area contributed by atoms with Crippen LogP contribution >= 0.6 is 0 Å². The van der Waals surface area contributed by atoms with E-state index in [-0.39, 0.29) is 0 Å². The molecule has 0 aromatic rings. The van der Waals surface area contributed by atoms with Crippen LogP contribution in [0, 0.1) is 17.3 Å². The van der Waals surface area contributed by atoms with E-state index in [2.05, 4.69) is 45.0 Å². The average Bonchev–Trinajstić information content (AvgIpc) is 2.54. The molecule has 1 N–H and O–H groups in total. The summed E-state index contributed by atoms with van der Waals surface area (Å²) < 4.78 is 0. The molecule has 3 unspecified atom stereocenters. The predicted octanol–water partition coefficient (Wildman–Crippen LogP) is 4.30. The summed E-state index contributed by atoms with van der Waals surface area (Å²) in [5.41, 5.74) is 0.513. The van der Waals surface area contributed by atoms with Crippen LogP contribution in [0.25, 0.3) is 0 Å². The van der Waals surface area contributed by atoms with E-state index < -0.39 is 0 Å². The zero-order chi connectivity index (χ0) is 15.5. The summed E-state index contributed by atoms with van der Waals surface area (Å²) in [5.74, 6) is 1.89. The normalized spacial score (nSPS) is 33.3. The first-order valence-electron chi connectivity index (χ1n) is 9.43. The first-order chi connectivity index (χ1) is 10.0. The Morgan fingerprint density at radius 2 is 1.71 bits per heavy atom. The third-order valence-corrected chi connectivity index (χ3v) is 6.90. The van der Waals surface area contributed by atoms with Crippen molar-refractivity contribution in [3.05, 3.63) is 0 Å². The molecule has 0 bridgehead atoms. The van der Waals surface area contributed by atoms with E-state index in [0.717, 1.165) is 17.9 Å². The highest BCUT2D eigenvalue weighted by molar-refractivity contribution is 4.95. The highest BCUT2D eigenvalue weighted by Crippen LogP contribution is 2.42. The lowest BCUT2D eigenvalue weighted by Gasteiger charge is -2.48. The van der Waals surface area contributed by atoms with Gasteiger partial charge in [0.05, 0.1) is 0 Å². The van der Waals surface area contributed by atoms with Gasteiger partial charge in [-0.3, -0.25) is 4.90 Å². The molecule has 2 aliphatic rings. The van der Waals surface area contributed by atoms with Crippen LogP contribution in [0.5, 0.6) is 0 Å². The minimum Gasteiger partial charge on any atom is -0.315 e. The van der Waals surface area contributed by atoms with Crippen molar-refractivity contribution in [1.82, 2.24) is 10.2 Å². The highest BCUT2D eigenvalue weighted by atomic mass is 15.2. The predicted molar refractivity (Wildman–Crippen MR) is 92.6 cm³/mol. The van der Waals surface area contributed by atoms with E-state index in [0.29, 0.717) is 11.5 Å². The average molecular weight is 295 g/mol. The fourth-order valence-electron chi connectivity index (χ4n) is 4.58. The molecule has 0 amide bonds. The number of nitrogens with zero attached hydrogens (tertiary/aromatic N) is 1. The molecule has 0 spiro atoms. The van der Waals surface area contributed by atoms with Crippen molar-refractivity contribution in [3.8, 4) is 0 Å². The topological polar surface area (TPSA) is 15.3 Å². The van der Waals surface area contributed by atoms with E-state index in [4.69, 9.17) is 0 Å². The van der Waals surface area contributed by atoms with E-state index in [9.17, 15) is 0 Å². The van der Waals surface area contributed by atoms with Gasteiger partial charge in [0.2, 0.25) is 0 Å². The molecule has 1 heterocycles. The molecule has 2 heteroatoms. The van der Waals surface area contributed by atoms with Crippen LogP contribution in [0.1, 0.15) is 72.6 Å². The lowest BCUT2D eigenvalue weighted by molar-refractivity contribution is 0.0331. The van der Waals surface area contributed by atoms with Crippen LogP contribution in [-0.2, 0) is 0 Å². The van der Waals surface area contributed by atoms with Crippen molar-refractivity contribution in [2.24, 2.45) is 17.3 Å². The van der Waals surface area contributed by atoms with Gasteiger partial charge in [-0.25, -0.2) is 0 Å². The summed E-state index contributed by atoms with van der Waals surface area (Å²) in [5, 5.41) is 3.62. The standard InChI is InChI=1S/C19H38N2/c1-6-15-10-12-21(13-11-15)18-14-16(19(3,4)7-2)8-9-17(18)20-5/h15-18,20H,6-14H2,1-5H3. The van der Waals surface area contributed by atoms with Gasteiger partial charge in [-0.1, -0.05) is 40.5 Å². The summed E-state index contributed by atoms with van der Waals surface area (Å²) in [4.78, 5) is 2.82. The van der Waals surface area contributed by atoms with E-state index in [1.165, 1.54) is 58.0 Å². The van der Waals surface area contributed by atoms with Gasteiger partial charge >= 0.3 is 0 Å². The van der Waals surface area contributed by atoms with E-state index in [1.54, 1.807) is 0 Å². The fourth-order valence-corrected chi connectivity index (χ4v) is 4.58. The number of likely N-dealkylation sites (tertiary alicyclic amines) is 1. The number of rotatable bonds is 5. The number of hydrogen-bond acceptors (Lipinski definition) is 2. The Kier molecular flexibility index (Phi) is 6.14. The Hall–Kier alpha value is -0.0800. The summed E-state index contributed by atoms with van der Waals surface area (Å²) in [6.45, 7) is 12.4. The van der Waals surface area contributed by atoms with Crippen molar-refractivity contribution in [2.75, 3.05) is 20.1 Å². The zero-order valence-electron chi connectivity index (χ0n) is 15.1. The smallest absolute Gasteiger partial charge is 0.0252 e. The van der Waals surface area contributed by atoms with Gasteiger partial charge in [-0.2, -0.15) is 0 Å². The molecule has 1 aliphatic carbocycles. The maximum absolute atomic E-state index is 3.62. The quantitative estimate of drug-likeness (QED) is 0.813. The van der Waals surface area contributed by atoms with Crippen molar-refractivity contribution in [2.45, 2.75) is 84.7 Å². The number of nitrogens with one attached hydrogen (secondary N) is 1. The Labute approximate surface area is 133 Å². The second-order valence-corrected chi connectivity index (χ2v) is 8.20. The summed E-state index contributed by atoms with van der Waals surface area (Å²) in [7, 11) is 2.17. The third-order valence-electron chi connectivity index (χ3n) is 6.90. The van der Waals surface area contributed by atoms with Gasteiger partial charge in [0, 0.05) is 12.1 Å². The third kappa shape index (κ3) is 4.01. The van der Waals surface area contributed by atoms with Gasteiger partial charge in [0.15, 0.2) is 0 Å². The second kappa shape index (κ2) is 7.46. The number of piperidine rings is 1. The monoisotopic (exact) mass is 294 g/mol. The van der Waals surface area contributed by atoms with Gasteiger partial charge in [-0.15, -0.1) is 0 Å². The highest BCUT2D eigenvalue weighted by Gasteiger charge is 2.39. The van der Waals surface area contributed by atoms with Crippen LogP contribution in [0.2, 0.25) is 0 Å². The van der Waals surface area contributed by atoms with Crippen molar-refractivity contribution in [1.29, 1.82) is 0 Å². The fraction of sp³-hybridized carbons (Fsp3) is 1.00. The lowest BCUT2D eigenvalue weighted by atomic mass is 9.67. The first kappa shape index (κ1) is 17.3. The van der Waals surface area contributed by atoms with Gasteiger partial charge in [0.25, 0.3) is 0 Å². The van der Waals surface area contributed by atoms with Crippen molar-refractivity contribution >= 4 is 0 Å². The summed E-state index contributed by atoms with van der Waals surface area (Å²) in [6, 6.07) is 1.49. The minimum atomic E-state index is 0.513. The molecule has 2 rings (SSSR count). The molecule has 0 aromatic heterocycles. The first-order valence-corrected chi connectivity index (χ1v) is 9.43. The Balaban J connectivity index is 2.00. The molecule has 1 aliphatic heterocycles. The molecule has 0 radical (unpaired) electrons. The molecule has 21 heavy (non-hydrogen) atoms. The lowest BCUT2D eigenvalue weighted by Crippen LogP contribution is -2.55. The molecule has 124 valence electrons. The van der Waals surface area contributed by atoms with E-state index in [1.807, 2.05) is 0 Å². The SMILES string of the molecule is CCC1CCN(C2CC(C(C)(C)CC)CCC2NC)CC1. The summed E-state index contributed by atoms with van der Waals surface area (Å²) in [6.07, 6.45) is 9.71. The molecule has 0 aromatic carbocycles. The maximum atomic E-state index is 3.62. The van der Waals surface area contributed by atoms with Crippen LogP contribution in [0.3, 0.4) is 0 Å². The van der Waals surface area contributed by atoms with Crippen LogP contribution < -0.4 is 5.32 Å². The van der Waals surface area contributed by atoms with Gasteiger partial charge < -0.3 is 5.32 Å². The van der Waals surface area contributed by atoms with Crippen molar-refractivity contribution < 1.29 is 0 Å². The molecule has 1 saturated heterocycles. The van der Waals surface area contributed by atoms with Crippen LogP contribution in [0.15, 0.2) is 0 Å². The molecule has 2 fully saturated rings. The second-order valence-electron chi connectivity index (χ2n) is 8.20. The Bertz CT molecular complexity index is 305. The van der Waals surface area contributed by atoms with Crippen molar-refractivity contribution in [3.63, 3.8) is 0 Å². The number of hydrogen-bond donors (Lipinski definition) is 1. The number of likely N-dealkylation sites (N-methyl/N-ethyl adjacent to an activating group) is 1. The molecular formula is C19H38N2. The van der Waals surface area contributed by atoms with Gasteiger partial charge in [-0.05, 0) is 69.5 Å². The zero-order valence-corrected chi connectivity index (χ0v) is 15.1. The largest absolute Gasteiger partial charge is 0.315 e. The Morgan fingerprint density at radius 3 is 2.24 bits per heavy atom. The molecule has 2 nitrogen and oxygen atoms in total. The minimum absolute atomic E-state index is 0.513. The van der Waals surface area contributed by atoms with Crippen LogP contribution in [-0.4, -0.2) is 37.1 Å². The van der Waals surface area contributed by atoms with Gasteiger partial charge in [0.1, 0.15) is 0 Å². The summed E-state index contributed by atoms with van der Waals surface area (Å²) >= 11 is 0. The van der Waals surface area contributed by atoms with Crippen LogP contribution in [0.4, 0.5) is 0 Å². The molecular weight excluding hydrogens is 256 g/mol. The van der Waals surface area contributed by atoms with E-state index >= 15 is 0 Å². The molecule has 3 atom stereocenters. The Morgan fingerprint density at radius 1 is 1.05 bits per heavy atom. The maximum Gasteiger partial charge on any atom is 0.0252 e.